The highest BCUT2D eigenvalue weighted by Gasteiger charge is 2.12. The van der Waals surface area contributed by atoms with Crippen LogP contribution in [0.25, 0.3) is 0 Å². The Morgan fingerprint density at radius 3 is 2.09 bits per heavy atom. The quantitative estimate of drug-likeness (QED) is 0.396. The van der Waals surface area contributed by atoms with Crippen LogP contribution < -0.4 is 30.2 Å². The van der Waals surface area contributed by atoms with Gasteiger partial charge in [0.05, 0.1) is 32.0 Å². The third-order valence-corrected chi connectivity index (χ3v) is 4.95. The molecule has 0 saturated carbocycles. The molecule has 0 aromatic heterocycles. The van der Waals surface area contributed by atoms with Gasteiger partial charge >= 0.3 is 0 Å². The smallest absolute Gasteiger partial charge is 0.255 e. The van der Waals surface area contributed by atoms with E-state index in [2.05, 4.69) is 16.0 Å². The van der Waals surface area contributed by atoms with E-state index in [4.69, 9.17) is 38.0 Å². The summed E-state index contributed by atoms with van der Waals surface area (Å²) in [6.45, 7) is 0. The van der Waals surface area contributed by atoms with Crippen molar-refractivity contribution in [2.24, 2.45) is 0 Å². The van der Waals surface area contributed by atoms with Crippen molar-refractivity contribution in [3.8, 4) is 17.2 Å². The number of ether oxygens (including phenoxy) is 3. The van der Waals surface area contributed by atoms with Gasteiger partial charge in [-0.05, 0) is 60.7 Å². The second-order valence-electron chi connectivity index (χ2n) is 6.53. The van der Waals surface area contributed by atoms with Gasteiger partial charge in [-0.3, -0.25) is 4.79 Å². The number of carbonyl (C=O) groups is 1. The van der Waals surface area contributed by atoms with Gasteiger partial charge in [0.15, 0.2) is 5.11 Å². The van der Waals surface area contributed by atoms with Crippen molar-refractivity contribution in [3.05, 3.63) is 71.2 Å². The predicted octanol–water partition coefficient (Wildman–Crippen LogP) is 5.43. The summed E-state index contributed by atoms with van der Waals surface area (Å²) < 4.78 is 15.7. The number of benzene rings is 3. The van der Waals surface area contributed by atoms with Crippen molar-refractivity contribution >= 4 is 51.9 Å². The van der Waals surface area contributed by atoms with Crippen molar-refractivity contribution in [2.75, 3.05) is 37.3 Å². The third-order valence-electron chi connectivity index (χ3n) is 4.45. The largest absolute Gasteiger partial charge is 0.497 e. The first-order valence-corrected chi connectivity index (χ1v) is 10.3. The molecule has 0 atom stereocenters. The summed E-state index contributed by atoms with van der Waals surface area (Å²) in [4.78, 5) is 12.4. The number of hydrogen-bond donors (Lipinski definition) is 3. The zero-order valence-corrected chi connectivity index (χ0v) is 19.3. The number of nitrogens with one attached hydrogen (secondary N) is 3. The van der Waals surface area contributed by atoms with Gasteiger partial charge in [-0.1, -0.05) is 17.7 Å². The average Bonchev–Trinajstić information content (AvgIpc) is 2.80. The molecule has 0 aliphatic carbocycles. The first kappa shape index (κ1) is 23.2. The van der Waals surface area contributed by atoms with Crippen molar-refractivity contribution in [1.82, 2.24) is 0 Å². The number of thiocarbonyl (C=S) groups is 1. The number of anilines is 3. The van der Waals surface area contributed by atoms with Crippen molar-refractivity contribution in [2.45, 2.75) is 0 Å². The fourth-order valence-electron chi connectivity index (χ4n) is 2.85. The van der Waals surface area contributed by atoms with E-state index in [0.29, 0.717) is 44.3 Å². The first-order chi connectivity index (χ1) is 15.4. The highest BCUT2D eigenvalue weighted by atomic mass is 35.5. The molecule has 0 saturated heterocycles. The molecule has 0 radical (unpaired) electrons. The van der Waals surface area contributed by atoms with E-state index in [1.165, 1.54) is 7.11 Å². The van der Waals surface area contributed by atoms with Gasteiger partial charge in [0.2, 0.25) is 0 Å². The van der Waals surface area contributed by atoms with Crippen LogP contribution in [-0.2, 0) is 0 Å². The SMILES string of the molecule is COc1cccc(C(=O)Nc2ccc(NC(=S)Nc3cc(Cl)c(OC)cc3OC)cc2)c1. The lowest BCUT2D eigenvalue weighted by Crippen LogP contribution is -2.19. The first-order valence-electron chi connectivity index (χ1n) is 9.48. The molecule has 9 heteroatoms. The van der Waals surface area contributed by atoms with Gasteiger partial charge in [-0.25, -0.2) is 0 Å². The zero-order chi connectivity index (χ0) is 23.1. The van der Waals surface area contributed by atoms with Crippen LogP contribution >= 0.6 is 23.8 Å². The summed E-state index contributed by atoms with van der Waals surface area (Å²) in [5, 5.41) is 9.75. The molecular formula is C23H22ClN3O4S. The molecule has 32 heavy (non-hydrogen) atoms. The minimum absolute atomic E-state index is 0.231. The molecule has 0 unspecified atom stereocenters. The number of rotatable bonds is 7. The maximum atomic E-state index is 12.4. The van der Waals surface area contributed by atoms with Crippen LogP contribution in [-0.4, -0.2) is 32.3 Å². The minimum Gasteiger partial charge on any atom is -0.497 e. The molecule has 3 aromatic rings. The lowest BCUT2D eigenvalue weighted by atomic mass is 10.2. The Kier molecular flexibility index (Phi) is 7.75. The average molecular weight is 472 g/mol. The van der Waals surface area contributed by atoms with Gasteiger partial charge in [-0.2, -0.15) is 0 Å². The number of carbonyl (C=O) groups excluding carboxylic acids is 1. The summed E-state index contributed by atoms with van der Waals surface area (Å²) in [7, 11) is 4.63. The Hall–Kier alpha value is -3.49. The standard InChI is InChI=1S/C23H22ClN3O4S/c1-29-17-6-4-5-14(11-17)22(28)25-15-7-9-16(10-8-15)26-23(32)27-19-12-18(24)20(30-2)13-21(19)31-3/h4-13H,1-3H3,(H,25,28)(H2,26,27,32). The second kappa shape index (κ2) is 10.7. The molecule has 7 nitrogen and oxygen atoms in total. The van der Waals surface area contributed by atoms with Crippen molar-refractivity contribution in [1.29, 1.82) is 0 Å². The number of hydrogen-bond acceptors (Lipinski definition) is 5. The Balaban J connectivity index is 1.62. The van der Waals surface area contributed by atoms with Crippen LogP contribution in [0.15, 0.2) is 60.7 Å². The van der Waals surface area contributed by atoms with Gasteiger partial charge in [0.25, 0.3) is 5.91 Å². The van der Waals surface area contributed by atoms with E-state index in [1.54, 1.807) is 74.9 Å². The molecule has 3 N–H and O–H groups in total. The van der Waals surface area contributed by atoms with E-state index in [1.807, 2.05) is 0 Å². The molecule has 1 amide bonds. The van der Waals surface area contributed by atoms with Gasteiger partial charge in [-0.15, -0.1) is 0 Å². The lowest BCUT2D eigenvalue weighted by molar-refractivity contribution is 0.102. The summed E-state index contributed by atoms with van der Waals surface area (Å²) in [6.07, 6.45) is 0. The van der Waals surface area contributed by atoms with Crippen molar-refractivity contribution < 1.29 is 19.0 Å². The molecule has 3 rings (SSSR count). The summed E-state index contributed by atoms with van der Waals surface area (Å²) in [6, 6.07) is 17.4. The van der Waals surface area contributed by atoms with E-state index in [-0.39, 0.29) is 5.91 Å². The molecular weight excluding hydrogens is 450 g/mol. The number of amides is 1. The number of methoxy groups -OCH3 is 3. The van der Waals surface area contributed by atoms with E-state index in [0.717, 1.165) is 5.69 Å². The monoisotopic (exact) mass is 471 g/mol. The number of halogens is 1. The molecule has 3 aromatic carbocycles. The maximum Gasteiger partial charge on any atom is 0.255 e. The minimum atomic E-state index is -0.231. The Morgan fingerprint density at radius 1 is 0.812 bits per heavy atom. The molecule has 0 bridgehead atoms. The van der Waals surface area contributed by atoms with Gasteiger partial charge < -0.3 is 30.2 Å². The third kappa shape index (κ3) is 5.81. The van der Waals surface area contributed by atoms with Crippen LogP contribution in [0.4, 0.5) is 17.1 Å². The lowest BCUT2D eigenvalue weighted by Gasteiger charge is -2.15. The predicted molar refractivity (Wildman–Crippen MR) is 132 cm³/mol. The normalized spacial score (nSPS) is 10.1. The zero-order valence-electron chi connectivity index (χ0n) is 17.7. The molecule has 0 aliphatic rings. The Morgan fingerprint density at radius 2 is 1.47 bits per heavy atom. The summed E-state index contributed by atoms with van der Waals surface area (Å²) >= 11 is 11.6. The highest BCUT2D eigenvalue weighted by Crippen LogP contribution is 2.36. The summed E-state index contributed by atoms with van der Waals surface area (Å²) in [5.41, 5.74) is 2.48. The van der Waals surface area contributed by atoms with Crippen LogP contribution in [0, 0.1) is 0 Å². The van der Waals surface area contributed by atoms with E-state index in [9.17, 15) is 4.79 Å². The highest BCUT2D eigenvalue weighted by molar-refractivity contribution is 7.80. The van der Waals surface area contributed by atoms with E-state index < -0.39 is 0 Å². The van der Waals surface area contributed by atoms with Crippen LogP contribution in [0.2, 0.25) is 5.02 Å². The van der Waals surface area contributed by atoms with Gasteiger partial charge in [0.1, 0.15) is 17.2 Å². The van der Waals surface area contributed by atoms with Gasteiger partial charge in [0, 0.05) is 23.0 Å². The van der Waals surface area contributed by atoms with Crippen LogP contribution in [0.3, 0.4) is 0 Å². The fraction of sp³-hybridized carbons (Fsp3) is 0.130. The molecule has 166 valence electrons. The molecule has 0 fully saturated rings. The maximum absolute atomic E-state index is 12.4. The van der Waals surface area contributed by atoms with Crippen LogP contribution in [0.1, 0.15) is 10.4 Å². The summed E-state index contributed by atoms with van der Waals surface area (Å²) in [5.74, 6) is 1.42. The topological polar surface area (TPSA) is 80.9 Å². The van der Waals surface area contributed by atoms with Crippen molar-refractivity contribution in [3.63, 3.8) is 0 Å². The fourth-order valence-corrected chi connectivity index (χ4v) is 3.32. The molecule has 0 heterocycles. The van der Waals surface area contributed by atoms with E-state index >= 15 is 0 Å². The molecule has 0 aliphatic heterocycles. The second-order valence-corrected chi connectivity index (χ2v) is 7.35. The Bertz CT molecular complexity index is 1120. The Labute approximate surface area is 196 Å². The molecule has 0 spiro atoms. The van der Waals surface area contributed by atoms with Crippen LogP contribution in [0.5, 0.6) is 17.2 Å².